The summed E-state index contributed by atoms with van der Waals surface area (Å²) in [6.07, 6.45) is 4.40. The summed E-state index contributed by atoms with van der Waals surface area (Å²) in [6.45, 7) is 6.17. The van der Waals surface area contributed by atoms with Crippen molar-refractivity contribution >= 4 is 0 Å². The van der Waals surface area contributed by atoms with Crippen molar-refractivity contribution < 1.29 is 9.84 Å². The fourth-order valence-corrected chi connectivity index (χ4v) is 2.89. The van der Waals surface area contributed by atoms with Gasteiger partial charge in [-0.3, -0.25) is 0 Å². The standard InChI is InChI=1S/C15H16O2/c1-9-6-7-11-10(2)17-14-5-3-4-13(16)15(14)12(11)8-9/h3-5,8,11-12,16H,2,6-7H2,1H3. The van der Waals surface area contributed by atoms with Gasteiger partial charge in [0, 0.05) is 17.4 Å². The molecular formula is C15H16O2. The summed E-state index contributed by atoms with van der Waals surface area (Å²) in [6, 6.07) is 5.43. The number of benzene rings is 1. The molecule has 1 aromatic carbocycles. The maximum absolute atomic E-state index is 10.0. The first-order valence-electron chi connectivity index (χ1n) is 6.02. The molecule has 0 fully saturated rings. The van der Waals surface area contributed by atoms with Gasteiger partial charge in [0.15, 0.2) is 0 Å². The topological polar surface area (TPSA) is 29.5 Å². The van der Waals surface area contributed by atoms with E-state index in [1.165, 1.54) is 5.57 Å². The number of ether oxygens (including phenoxy) is 1. The molecule has 0 saturated carbocycles. The van der Waals surface area contributed by atoms with E-state index in [1.54, 1.807) is 12.1 Å². The van der Waals surface area contributed by atoms with Gasteiger partial charge in [-0.25, -0.2) is 0 Å². The lowest BCUT2D eigenvalue weighted by molar-refractivity contribution is 0.275. The van der Waals surface area contributed by atoms with E-state index in [0.29, 0.717) is 11.7 Å². The van der Waals surface area contributed by atoms with Crippen LogP contribution >= 0.6 is 0 Å². The van der Waals surface area contributed by atoms with Gasteiger partial charge in [-0.05, 0) is 31.9 Å². The van der Waals surface area contributed by atoms with E-state index >= 15 is 0 Å². The molecule has 0 aromatic heterocycles. The van der Waals surface area contributed by atoms with E-state index < -0.39 is 0 Å². The van der Waals surface area contributed by atoms with Crippen LogP contribution in [0.15, 0.2) is 42.2 Å². The molecule has 3 rings (SSSR count). The van der Waals surface area contributed by atoms with E-state index in [1.807, 2.05) is 6.07 Å². The molecule has 1 heterocycles. The predicted octanol–water partition coefficient (Wildman–Crippen LogP) is 3.74. The minimum Gasteiger partial charge on any atom is -0.508 e. The summed E-state index contributed by atoms with van der Waals surface area (Å²) < 4.78 is 5.73. The molecule has 88 valence electrons. The van der Waals surface area contributed by atoms with Gasteiger partial charge in [-0.15, -0.1) is 0 Å². The first-order chi connectivity index (χ1) is 8.16. The summed E-state index contributed by atoms with van der Waals surface area (Å²) in [4.78, 5) is 0. The van der Waals surface area contributed by atoms with E-state index in [4.69, 9.17) is 4.74 Å². The molecule has 0 bridgehead atoms. The van der Waals surface area contributed by atoms with E-state index in [0.717, 1.165) is 29.9 Å². The Morgan fingerprint density at radius 3 is 3.06 bits per heavy atom. The number of hydrogen-bond acceptors (Lipinski definition) is 2. The summed E-state index contributed by atoms with van der Waals surface area (Å²) in [5.41, 5.74) is 2.30. The van der Waals surface area contributed by atoms with Gasteiger partial charge >= 0.3 is 0 Å². The highest BCUT2D eigenvalue weighted by molar-refractivity contribution is 5.52. The van der Waals surface area contributed by atoms with E-state index in [2.05, 4.69) is 19.6 Å². The highest BCUT2D eigenvalue weighted by Crippen LogP contribution is 2.50. The van der Waals surface area contributed by atoms with Crippen LogP contribution < -0.4 is 4.74 Å². The summed E-state index contributed by atoms with van der Waals surface area (Å²) >= 11 is 0. The minimum atomic E-state index is 0.223. The van der Waals surface area contributed by atoms with Crippen LogP contribution in [0.25, 0.3) is 0 Å². The molecular weight excluding hydrogens is 212 g/mol. The van der Waals surface area contributed by atoms with Gasteiger partial charge in [-0.2, -0.15) is 0 Å². The lowest BCUT2D eigenvalue weighted by Gasteiger charge is -2.36. The molecule has 0 radical (unpaired) electrons. The predicted molar refractivity (Wildman–Crippen MR) is 67.1 cm³/mol. The van der Waals surface area contributed by atoms with Crippen molar-refractivity contribution in [2.45, 2.75) is 25.7 Å². The SMILES string of the molecule is C=C1Oc2cccc(O)c2C2C=C(C)CCC12. The molecule has 17 heavy (non-hydrogen) atoms. The fraction of sp³-hybridized carbons (Fsp3) is 0.333. The van der Waals surface area contributed by atoms with Crippen molar-refractivity contribution in [1.29, 1.82) is 0 Å². The normalized spacial score (nSPS) is 26.6. The van der Waals surface area contributed by atoms with Crippen molar-refractivity contribution in [3.8, 4) is 11.5 Å². The molecule has 0 amide bonds. The van der Waals surface area contributed by atoms with Gasteiger partial charge in [0.2, 0.25) is 0 Å². The van der Waals surface area contributed by atoms with Gasteiger partial charge in [0.1, 0.15) is 17.3 Å². The number of phenolic OH excluding ortho intramolecular Hbond substituents is 1. The molecule has 2 nitrogen and oxygen atoms in total. The van der Waals surface area contributed by atoms with Crippen molar-refractivity contribution in [3.63, 3.8) is 0 Å². The maximum atomic E-state index is 10.0. The first-order valence-corrected chi connectivity index (χ1v) is 6.02. The molecule has 1 aromatic rings. The number of fused-ring (bicyclic) bond motifs is 3. The molecule has 1 aliphatic carbocycles. The van der Waals surface area contributed by atoms with Crippen molar-refractivity contribution in [2.24, 2.45) is 5.92 Å². The fourth-order valence-electron chi connectivity index (χ4n) is 2.89. The highest BCUT2D eigenvalue weighted by Gasteiger charge is 2.36. The Morgan fingerprint density at radius 1 is 1.41 bits per heavy atom. The number of allylic oxidation sites excluding steroid dienone is 3. The van der Waals surface area contributed by atoms with Gasteiger partial charge < -0.3 is 9.84 Å². The summed E-state index contributed by atoms with van der Waals surface area (Å²) in [5.74, 6) is 2.44. The monoisotopic (exact) mass is 228 g/mol. The number of phenols is 1. The van der Waals surface area contributed by atoms with Gasteiger partial charge in [0.25, 0.3) is 0 Å². The van der Waals surface area contributed by atoms with Crippen LogP contribution in [-0.2, 0) is 0 Å². The third-order valence-corrected chi connectivity index (χ3v) is 3.78. The lowest BCUT2D eigenvalue weighted by atomic mass is 9.74. The van der Waals surface area contributed by atoms with Crippen molar-refractivity contribution in [2.75, 3.05) is 0 Å². The number of rotatable bonds is 0. The van der Waals surface area contributed by atoms with Crippen LogP contribution in [0.5, 0.6) is 11.5 Å². The molecule has 2 heteroatoms. The van der Waals surface area contributed by atoms with Crippen LogP contribution in [0.1, 0.15) is 31.2 Å². The molecule has 2 aliphatic rings. The Labute approximate surface area is 101 Å². The number of hydrogen-bond donors (Lipinski definition) is 1. The second-order valence-corrected chi connectivity index (χ2v) is 4.94. The molecule has 0 saturated heterocycles. The first kappa shape index (κ1) is 10.5. The van der Waals surface area contributed by atoms with Crippen LogP contribution in [0.4, 0.5) is 0 Å². The molecule has 1 aliphatic heterocycles. The third-order valence-electron chi connectivity index (χ3n) is 3.78. The van der Waals surface area contributed by atoms with Crippen molar-refractivity contribution in [1.82, 2.24) is 0 Å². The van der Waals surface area contributed by atoms with Crippen molar-refractivity contribution in [3.05, 3.63) is 47.7 Å². The zero-order valence-corrected chi connectivity index (χ0v) is 9.94. The molecule has 2 unspecified atom stereocenters. The Kier molecular flexibility index (Phi) is 2.25. The summed E-state index contributed by atoms with van der Waals surface area (Å²) in [5, 5.41) is 10.0. The van der Waals surface area contributed by atoms with E-state index in [9.17, 15) is 5.11 Å². The Hall–Kier alpha value is -1.70. The minimum absolute atomic E-state index is 0.223. The molecule has 2 atom stereocenters. The summed E-state index contributed by atoms with van der Waals surface area (Å²) in [7, 11) is 0. The Balaban J connectivity index is 2.18. The average molecular weight is 228 g/mol. The maximum Gasteiger partial charge on any atom is 0.134 e. The van der Waals surface area contributed by atoms with Gasteiger partial charge in [-0.1, -0.05) is 24.3 Å². The average Bonchev–Trinajstić information content (AvgIpc) is 2.28. The zero-order valence-electron chi connectivity index (χ0n) is 9.94. The highest BCUT2D eigenvalue weighted by atomic mass is 16.5. The largest absolute Gasteiger partial charge is 0.508 e. The lowest BCUT2D eigenvalue weighted by Crippen LogP contribution is -2.25. The van der Waals surface area contributed by atoms with Crippen LogP contribution in [-0.4, -0.2) is 5.11 Å². The smallest absolute Gasteiger partial charge is 0.134 e. The number of aromatic hydroxyl groups is 1. The second-order valence-electron chi connectivity index (χ2n) is 4.94. The van der Waals surface area contributed by atoms with Crippen LogP contribution in [0, 0.1) is 5.92 Å². The Morgan fingerprint density at radius 2 is 2.24 bits per heavy atom. The van der Waals surface area contributed by atoms with E-state index in [-0.39, 0.29) is 5.92 Å². The zero-order chi connectivity index (χ0) is 12.0. The van der Waals surface area contributed by atoms with Crippen LogP contribution in [0.2, 0.25) is 0 Å². The quantitative estimate of drug-likeness (QED) is 0.685. The van der Waals surface area contributed by atoms with Crippen LogP contribution in [0.3, 0.4) is 0 Å². The Bertz CT molecular complexity index is 514. The van der Waals surface area contributed by atoms with Gasteiger partial charge in [0.05, 0.1) is 0 Å². The molecule has 1 N–H and O–H groups in total. The molecule has 0 spiro atoms. The third kappa shape index (κ3) is 1.55. The second kappa shape index (κ2) is 3.66.